The Morgan fingerprint density at radius 1 is 1.42 bits per heavy atom. The summed E-state index contributed by atoms with van der Waals surface area (Å²) in [6.07, 6.45) is 0.347. The summed E-state index contributed by atoms with van der Waals surface area (Å²) in [6.45, 7) is 8.26. The van der Waals surface area contributed by atoms with Gasteiger partial charge in [-0.05, 0) is 13.0 Å². The largest absolute Gasteiger partial charge is 0.292 e. The number of rotatable bonds is 3. The number of thiazole rings is 1. The average Bonchev–Trinajstić information content (AvgIpc) is 2.84. The van der Waals surface area contributed by atoms with Gasteiger partial charge in [0.05, 0.1) is 17.8 Å². The van der Waals surface area contributed by atoms with Crippen molar-refractivity contribution < 1.29 is 4.79 Å². The number of carbonyl (C=O) groups excluding carboxylic acids is 1. The fourth-order valence-corrected chi connectivity index (χ4v) is 2.86. The Labute approximate surface area is 117 Å². The van der Waals surface area contributed by atoms with Gasteiger partial charge in [-0.25, -0.2) is 4.98 Å². The van der Waals surface area contributed by atoms with Crippen LogP contribution in [0, 0.1) is 6.92 Å². The zero-order chi connectivity index (χ0) is 14.2. The first-order valence-electron chi connectivity index (χ1n) is 6.26. The fraction of sp³-hybridized carbons (Fsp3) is 0.500. The Hall–Kier alpha value is -1.49. The summed E-state index contributed by atoms with van der Waals surface area (Å²) in [5.41, 5.74) is 2.58. The molecule has 0 fully saturated rings. The van der Waals surface area contributed by atoms with Crippen LogP contribution >= 0.6 is 11.3 Å². The average molecular weight is 277 g/mol. The smallest absolute Gasteiger partial charge is 0.187 e. The van der Waals surface area contributed by atoms with Gasteiger partial charge in [0.25, 0.3) is 0 Å². The highest BCUT2D eigenvalue weighted by atomic mass is 32.1. The summed E-state index contributed by atoms with van der Waals surface area (Å²) < 4.78 is 1.63. The maximum Gasteiger partial charge on any atom is 0.187 e. The Balaban J connectivity index is 2.16. The molecule has 0 aliphatic carbocycles. The molecule has 2 aromatic rings. The van der Waals surface area contributed by atoms with Gasteiger partial charge in [-0.15, -0.1) is 11.3 Å². The number of aromatic nitrogens is 3. The lowest BCUT2D eigenvalue weighted by atomic mass is 9.93. The molecule has 0 saturated carbocycles. The minimum atomic E-state index is 0.0287. The molecule has 19 heavy (non-hydrogen) atoms. The molecule has 0 saturated heterocycles. The Morgan fingerprint density at radius 3 is 2.58 bits per heavy atom. The first-order valence-corrected chi connectivity index (χ1v) is 7.14. The molecule has 2 aromatic heterocycles. The molecule has 5 heteroatoms. The predicted octanol–water partition coefficient (Wildman–Crippen LogP) is 2.91. The van der Waals surface area contributed by atoms with Gasteiger partial charge in [-0.3, -0.25) is 9.48 Å². The molecule has 102 valence electrons. The van der Waals surface area contributed by atoms with Crippen molar-refractivity contribution in [2.45, 2.75) is 39.5 Å². The van der Waals surface area contributed by atoms with Crippen molar-refractivity contribution in [2.24, 2.45) is 7.05 Å². The molecule has 0 aromatic carbocycles. The number of carbonyl (C=O) groups is 1. The SMILES string of the molecule is Cc1cc(C(=O)Cc2nc(C(C)(C)C)cs2)n(C)n1. The molecule has 0 unspecified atom stereocenters. The fourth-order valence-electron chi connectivity index (χ4n) is 1.84. The Kier molecular flexibility index (Phi) is 3.58. The van der Waals surface area contributed by atoms with Crippen molar-refractivity contribution in [3.63, 3.8) is 0 Å². The molecule has 2 rings (SSSR count). The van der Waals surface area contributed by atoms with E-state index in [1.165, 1.54) is 0 Å². The first kappa shape index (κ1) is 13.9. The lowest BCUT2D eigenvalue weighted by molar-refractivity contribution is 0.0984. The van der Waals surface area contributed by atoms with Crippen LogP contribution in [-0.4, -0.2) is 20.5 Å². The monoisotopic (exact) mass is 277 g/mol. The predicted molar refractivity (Wildman–Crippen MR) is 76.8 cm³/mol. The van der Waals surface area contributed by atoms with Gasteiger partial charge in [0.15, 0.2) is 5.78 Å². The molecular weight excluding hydrogens is 258 g/mol. The second-order valence-corrected chi connectivity index (χ2v) is 6.71. The number of Topliss-reactive ketones (excluding diaryl/α,β-unsaturated/α-hetero) is 1. The van der Waals surface area contributed by atoms with Gasteiger partial charge >= 0.3 is 0 Å². The molecule has 0 bridgehead atoms. The van der Waals surface area contributed by atoms with E-state index in [0.29, 0.717) is 12.1 Å². The van der Waals surface area contributed by atoms with E-state index in [2.05, 4.69) is 30.9 Å². The third-order valence-corrected chi connectivity index (χ3v) is 3.77. The second kappa shape index (κ2) is 4.89. The quantitative estimate of drug-likeness (QED) is 0.810. The lowest BCUT2D eigenvalue weighted by Gasteiger charge is -2.14. The van der Waals surface area contributed by atoms with Gasteiger partial charge in [0.1, 0.15) is 10.7 Å². The maximum absolute atomic E-state index is 12.2. The number of nitrogens with zero attached hydrogens (tertiary/aromatic N) is 3. The van der Waals surface area contributed by atoms with Gasteiger partial charge in [-0.1, -0.05) is 20.8 Å². The third-order valence-electron chi connectivity index (χ3n) is 2.92. The van der Waals surface area contributed by atoms with Crippen molar-refractivity contribution in [1.29, 1.82) is 0 Å². The molecule has 2 heterocycles. The first-order chi connectivity index (χ1) is 8.77. The number of hydrogen-bond donors (Lipinski definition) is 0. The topological polar surface area (TPSA) is 47.8 Å². The molecule has 0 radical (unpaired) electrons. The third kappa shape index (κ3) is 3.10. The van der Waals surface area contributed by atoms with E-state index < -0.39 is 0 Å². The van der Waals surface area contributed by atoms with Crippen molar-refractivity contribution in [3.05, 3.63) is 33.5 Å². The molecule has 0 spiro atoms. The van der Waals surface area contributed by atoms with Crippen molar-refractivity contribution >= 4 is 17.1 Å². The van der Waals surface area contributed by atoms with E-state index in [1.807, 2.05) is 18.4 Å². The highest BCUT2D eigenvalue weighted by molar-refractivity contribution is 7.09. The summed E-state index contributed by atoms with van der Waals surface area (Å²) >= 11 is 1.55. The van der Waals surface area contributed by atoms with Crippen LogP contribution in [0.4, 0.5) is 0 Å². The summed E-state index contributed by atoms with van der Waals surface area (Å²) in [5.74, 6) is 0.0675. The van der Waals surface area contributed by atoms with E-state index in [-0.39, 0.29) is 11.2 Å². The van der Waals surface area contributed by atoms with Crippen molar-refractivity contribution in [2.75, 3.05) is 0 Å². The van der Waals surface area contributed by atoms with Crippen molar-refractivity contribution in [1.82, 2.24) is 14.8 Å². The van der Waals surface area contributed by atoms with E-state index in [1.54, 1.807) is 23.1 Å². The minimum Gasteiger partial charge on any atom is -0.292 e. The normalized spacial score (nSPS) is 11.8. The van der Waals surface area contributed by atoms with Gasteiger partial charge in [-0.2, -0.15) is 5.10 Å². The molecular formula is C14H19N3OS. The van der Waals surface area contributed by atoms with Gasteiger partial charge < -0.3 is 0 Å². The molecule has 0 aliphatic rings. The van der Waals surface area contributed by atoms with E-state index in [9.17, 15) is 4.79 Å². The van der Waals surface area contributed by atoms with Crippen LogP contribution in [0.5, 0.6) is 0 Å². The number of ketones is 1. The molecule has 4 nitrogen and oxygen atoms in total. The van der Waals surface area contributed by atoms with Crippen LogP contribution in [0.2, 0.25) is 0 Å². The van der Waals surface area contributed by atoms with Crippen LogP contribution < -0.4 is 0 Å². The second-order valence-electron chi connectivity index (χ2n) is 5.77. The highest BCUT2D eigenvalue weighted by Crippen LogP contribution is 2.24. The maximum atomic E-state index is 12.2. The van der Waals surface area contributed by atoms with Crippen LogP contribution in [-0.2, 0) is 18.9 Å². The summed E-state index contributed by atoms with van der Waals surface area (Å²) in [7, 11) is 1.79. The highest BCUT2D eigenvalue weighted by Gasteiger charge is 2.19. The zero-order valence-corrected chi connectivity index (χ0v) is 12.8. The summed E-state index contributed by atoms with van der Waals surface area (Å²) in [5, 5.41) is 7.11. The van der Waals surface area contributed by atoms with Gasteiger partial charge in [0, 0.05) is 17.8 Å². The number of aryl methyl sites for hydroxylation is 2. The van der Waals surface area contributed by atoms with Crippen LogP contribution in [0.3, 0.4) is 0 Å². The molecule has 0 atom stereocenters. The van der Waals surface area contributed by atoms with Crippen LogP contribution in [0.1, 0.15) is 47.7 Å². The van der Waals surface area contributed by atoms with E-state index in [4.69, 9.17) is 0 Å². The van der Waals surface area contributed by atoms with Crippen molar-refractivity contribution in [3.8, 4) is 0 Å². The molecule has 0 aliphatic heterocycles. The van der Waals surface area contributed by atoms with Gasteiger partial charge in [0.2, 0.25) is 0 Å². The zero-order valence-electron chi connectivity index (χ0n) is 12.0. The minimum absolute atomic E-state index is 0.0287. The standard InChI is InChI=1S/C14H19N3OS/c1-9-6-10(17(5)16-9)11(18)7-13-15-12(8-19-13)14(2,3)4/h6,8H,7H2,1-5H3. The van der Waals surface area contributed by atoms with Crippen LogP contribution in [0.25, 0.3) is 0 Å². The molecule has 0 N–H and O–H groups in total. The lowest BCUT2D eigenvalue weighted by Crippen LogP contribution is -2.13. The number of hydrogen-bond acceptors (Lipinski definition) is 4. The summed E-state index contributed by atoms with van der Waals surface area (Å²) in [6, 6.07) is 1.82. The Bertz CT molecular complexity index is 604. The Morgan fingerprint density at radius 2 is 2.11 bits per heavy atom. The van der Waals surface area contributed by atoms with Crippen LogP contribution in [0.15, 0.2) is 11.4 Å². The van der Waals surface area contributed by atoms with E-state index in [0.717, 1.165) is 16.4 Å². The summed E-state index contributed by atoms with van der Waals surface area (Å²) in [4.78, 5) is 16.8. The molecule has 0 amide bonds. The van der Waals surface area contributed by atoms with E-state index >= 15 is 0 Å².